The van der Waals surface area contributed by atoms with Gasteiger partial charge in [0.25, 0.3) is 0 Å². The molecule has 5 N–H and O–H groups in total. The SMILES string of the molecule is CCC[C@@H](CCO)Nc1nc(N)nc2c(C)nn(Cc3cc(CN4CCN(CCO)CC4)ccc3OC)c12. The highest BCUT2D eigenvalue weighted by atomic mass is 16.5. The van der Waals surface area contributed by atoms with Crippen LogP contribution in [0.3, 0.4) is 0 Å². The molecule has 0 amide bonds. The summed E-state index contributed by atoms with van der Waals surface area (Å²) in [6, 6.07) is 6.41. The van der Waals surface area contributed by atoms with Crippen molar-refractivity contribution in [1.29, 1.82) is 0 Å². The van der Waals surface area contributed by atoms with Crippen LogP contribution in [0.2, 0.25) is 0 Å². The number of aliphatic hydroxyl groups is 2. The van der Waals surface area contributed by atoms with E-state index < -0.39 is 0 Å². The molecule has 1 saturated heterocycles. The molecule has 0 aliphatic carbocycles. The van der Waals surface area contributed by atoms with Gasteiger partial charge < -0.3 is 26.0 Å². The number of hydrogen-bond donors (Lipinski definition) is 4. The number of aromatic nitrogens is 4. The number of aliphatic hydroxyl groups excluding tert-OH is 2. The fraction of sp³-hybridized carbons (Fsp3) is 0.593. The van der Waals surface area contributed by atoms with Crippen LogP contribution in [0.1, 0.15) is 43.0 Å². The maximum Gasteiger partial charge on any atom is 0.222 e. The van der Waals surface area contributed by atoms with Crippen molar-refractivity contribution in [2.24, 2.45) is 0 Å². The minimum atomic E-state index is 0.0712. The van der Waals surface area contributed by atoms with Crippen LogP contribution in [0.15, 0.2) is 18.2 Å². The standard InChI is InChI=1S/C27H42N8O3/c1-4-5-22(8-14-36)29-26-25-24(30-27(28)31-26)19(2)32-35(25)18-21-16-20(6-7-23(21)38-3)17-34-11-9-33(10-12-34)13-15-37/h6-7,16,22,36-37H,4-5,8-15,17-18H2,1-3H3,(H3,28,29,30,31)/t22-/m0/s1. The second kappa shape index (κ2) is 13.2. The van der Waals surface area contributed by atoms with Gasteiger partial charge in [0.2, 0.25) is 5.95 Å². The zero-order valence-corrected chi connectivity index (χ0v) is 22.9. The number of hydrogen-bond acceptors (Lipinski definition) is 10. The lowest BCUT2D eigenvalue weighted by atomic mass is 10.1. The van der Waals surface area contributed by atoms with Crippen LogP contribution < -0.4 is 15.8 Å². The molecule has 1 aliphatic heterocycles. The van der Waals surface area contributed by atoms with Crippen LogP contribution in [0, 0.1) is 6.92 Å². The van der Waals surface area contributed by atoms with E-state index in [1.54, 1.807) is 7.11 Å². The first kappa shape index (κ1) is 28.0. The number of nitrogens with two attached hydrogens (primary N) is 1. The third kappa shape index (κ3) is 6.71. The van der Waals surface area contributed by atoms with Gasteiger partial charge in [-0.15, -0.1) is 0 Å². The zero-order valence-electron chi connectivity index (χ0n) is 22.9. The smallest absolute Gasteiger partial charge is 0.222 e. The molecule has 3 heterocycles. The van der Waals surface area contributed by atoms with Crippen molar-refractivity contribution >= 4 is 22.8 Å². The highest BCUT2D eigenvalue weighted by Gasteiger charge is 2.21. The predicted octanol–water partition coefficient (Wildman–Crippen LogP) is 1.85. The number of rotatable bonds is 13. The number of ether oxygens (including phenoxy) is 1. The first-order valence-electron chi connectivity index (χ1n) is 13.5. The van der Waals surface area contributed by atoms with Gasteiger partial charge in [-0.2, -0.15) is 10.1 Å². The molecule has 0 bridgehead atoms. The summed E-state index contributed by atoms with van der Waals surface area (Å²) in [5.41, 5.74) is 10.6. The predicted molar refractivity (Wildman–Crippen MR) is 149 cm³/mol. The van der Waals surface area contributed by atoms with Gasteiger partial charge in [0.15, 0.2) is 5.82 Å². The molecule has 1 fully saturated rings. The van der Waals surface area contributed by atoms with Gasteiger partial charge >= 0.3 is 0 Å². The number of piperazine rings is 1. The average Bonchev–Trinajstić information content (AvgIpc) is 3.20. The first-order valence-corrected chi connectivity index (χ1v) is 13.5. The molecular weight excluding hydrogens is 484 g/mol. The van der Waals surface area contributed by atoms with Crippen LogP contribution in [0.4, 0.5) is 11.8 Å². The maximum atomic E-state index is 9.56. The first-order chi connectivity index (χ1) is 18.4. The summed E-state index contributed by atoms with van der Waals surface area (Å²) in [5, 5.41) is 27.1. The summed E-state index contributed by atoms with van der Waals surface area (Å²) in [6.07, 6.45) is 2.51. The second-order valence-corrected chi connectivity index (χ2v) is 10.0. The van der Waals surface area contributed by atoms with E-state index >= 15 is 0 Å². The summed E-state index contributed by atoms with van der Waals surface area (Å²) in [6.45, 7) is 10.3. The van der Waals surface area contributed by atoms with E-state index in [1.165, 1.54) is 5.56 Å². The fourth-order valence-electron chi connectivity index (χ4n) is 5.23. The molecule has 1 atom stereocenters. The summed E-state index contributed by atoms with van der Waals surface area (Å²) < 4.78 is 7.64. The van der Waals surface area contributed by atoms with Crippen molar-refractivity contribution in [2.45, 2.75) is 52.2 Å². The summed E-state index contributed by atoms with van der Waals surface area (Å²) >= 11 is 0. The monoisotopic (exact) mass is 526 g/mol. The van der Waals surface area contributed by atoms with E-state index in [2.05, 4.69) is 44.1 Å². The number of benzene rings is 1. The van der Waals surface area contributed by atoms with E-state index in [0.29, 0.717) is 18.8 Å². The number of fused-ring (bicyclic) bond motifs is 1. The molecule has 11 nitrogen and oxygen atoms in total. The molecule has 1 aromatic carbocycles. The van der Waals surface area contributed by atoms with Gasteiger partial charge in [0.05, 0.1) is 26.0 Å². The highest BCUT2D eigenvalue weighted by Crippen LogP contribution is 2.29. The van der Waals surface area contributed by atoms with Gasteiger partial charge in [-0.3, -0.25) is 14.5 Å². The van der Waals surface area contributed by atoms with Crippen molar-refractivity contribution in [2.75, 3.05) is 64.1 Å². The lowest BCUT2D eigenvalue weighted by Crippen LogP contribution is -2.46. The van der Waals surface area contributed by atoms with Gasteiger partial charge in [0.1, 0.15) is 16.8 Å². The second-order valence-electron chi connectivity index (χ2n) is 10.0. The average molecular weight is 527 g/mol. The van der Waals surface area contributed by atoms with Crippen LogP contribution in [0.25, 0.3) is 11.0 Å². The molecule has 1 aliphatic rings. The van der Waals surface area contributed by atoms with E-state index in [0.717, 1.165) is 80.2 Å². The Balaban J connectivity index is 1.61. The van der Waals surface area contributed by atoms with Crippen molar-refractivity contribution in [3.63, 3.8) is 0 Å². The number of β-amino-alcohol motifs (C(OH)–C–C–N with tert-alkyl or cyclic N) is 1. The third-order valence-electron chi connectivity index (χ3n) is 7.18. The Bertz CT molecular complexity index is 1190. The Hall–Kier alpha value is -2.99. The maximum absolute atomic E-state index is 9.56. The number of anilines is 2. The zero-order chi connectivity index (χ0) is 27.1. The Labute approximate surface area is 224 Å². The summed E-state index contributed by atoms with van der Waals surface area (Å²) in [7, 11) is 1.69. The molecule has 38 heavy (non-hydrogen) atoms. The topological polar surface area (TPSA) is 138 Å². The van der Waals surface area contributed by atoms with Gasteiger partial charge in [-0.1, -0.05) is 19.4 Å². The lowest BCUT2D eigenvalue weighted by Gasteiger charge is -2.34. The van der Waals surface area contributed by atoms with Crippen molar-refractivity contribution in [1.82, 2.24) is 29.5 Å². The van der Waals surface area contributed by atoms with E-state index in [-0.39, 0.29) is 25.2 Å². The van der Waals surface area contributed by atoms with E-state index in [1.807, 2.05) is 17.7 Å². The lowest BCUT2D eigenvalue weighted by molar-refractivity contribution is 0.108. The van der Waals surface area contributed by atoms with Crippen molar-refractivity contribution in [3.8, 4) is 5.75 Å². The van der Waals surface area contributed by atoms with Crippen LogP contribution in [0.5, 0.6) is 5.75 Å². The van der Waals surface area contributed by atoms with Gasteiger partial charge in [-0.25, -0.2) is 4.98 Å². The number of nitrogens with zero attached hydrogens (tertiary/aromatic N) is 6. The summed E-state index contributed by atoms with van der Waals surface area (Å²) in [4.78, 5) is 13.8. The molecule has 2 aromatic heterocycles. The molecule has 11 heteroatoms. The molecule has 4 rings (SSSR count). The number of aryl methyl sites for hydroxylation is 1. The molecule has 0 saturated carbocycles. The molecule has 0 unspecified atom stereocenters. The quantitative estimate of drug-likeness (QED) is 0.261. The Morgan fingerprint density at radius 1 is 1.05 bits per heavy atom. The highest BCUT2D eigenvalue weighted by molar-refractivity contribution is 5.88. The number of methoxy groups -OCH3 is 1. The van der Waals surface area contributed by atoms with Crippen LogP contribution in [-0.4, -0.2) is 98.9 Å². The van der Waals surface area contributed by atoms with Crippen LogP contribution in [-0.2, 0) is 13.1 Å². The molecule has 0 radical (unpaired) electrons. The van der Waals surface area contributed by atoms with Crippen molar-refractivity contribution in [3.05, 3.63) is 35.0 Å². The minimum Gasteiger partial charge on any atom is -0.496 e. The molecule has 208 valence electrons. The van der Waals surface area contributed by atoms with Gasteiger partial charge in [-0.05, 0) is 37.5 Å². The minimum absolute atomic E-state index is 0.0712. The largest absolute Gasteiger partial charge is 0.496 e. The normalized spacial score (nSPS) is 15.7. The van der Waals surface area contributed by atoms with Crippen LogP contribution >= 0.6 is 0 Å². The van der Waals surface area contributed by atoms with E-state index in [9.17, 15) is 10.2 Å². The third-order valence-corrected chi connectivity index (χ3v) is 7.18. The van der Waals surface area contributed by atoms with E-state index in [4.69, 9.17) is 15.6 Å². The summed E-state index contributed by atoms with van der Waals surface area (Å²) in [5.74, 6) is 1.63. The fourth-order valence-corrected chi connectivity index (χ4v) is 5.23. The molecule has 0 spiro atoms. The Morgan fingerprint density at radius 3 is 2.50 bits per heavy atom. The molecular formula is C27H42N8O3. The van der Waals surface area contributed by atoms with Gasteiger partial charge in [0, 0.05) is 57.5 Å². The number of nitrogen functional groups attached to an aromatic ring is 1. The van der Waals surface area contributed by atoms with Crippen molar-refractivity contribution < 1.29 is 14.9 Å². The Morgan fingerprint density at radius 2 is 1.82 bits per heavy atom. The Kier molecular flexibility index (Phi) is 9.73. The number of nitrogens with one attached hydrogen (secondary N) is 1. The molecule has 3 aromatic rings.